The van der Waals surface area contributed by atoms with E-state index in [-0.39, 0.29) is 16.2 Å². The highest BCUT2D eigenvalue weighted by atomic mass is 32.1. The van der Waals surface area contributed by atoms with E-state index in [1.165, 1.54) is 12.1 Å². The number of thiocarbonyl (C=S) groups is 1. The van der Waals surface area contributed by atoms with Crippen LogP contribution in [0.5, 0.6) is 0 Å². The Morgan fingerprint density at radius 3 is 2.65 bits per heavy atom. The molecule has 1 unspecified atom stereocenters. The Kier molecular flexibility index (Phi) is 4.25. The molecule has 0 radical (unpaired) electrons. The Morgan fingerprint density at radius 2 is 2.00 bits per heavy atom. The molecule has 1 aliphatic heterocycles. The second-order valence-electron chi connectivity index (χ2n) is 5.46. The van der Waals surface area contributed by atoms with E-state index in [0.29, 0.717) is 25.9 Å². The van der Waals surface area contributed by atoms with Crippen LogP contribution in [0.25, 0.3) is 0 Å². The maximum absolute atomic E-state index is 14.1. The summed E-state index contributed by atoms with van der Waals surface area (Å²) in [6, 6.07) is 2.89. The summed E-state index contributed by atoms with van der Waals surface area (Å²) < 4.78 is 28.0. The molecule has 2 rings (SSSR count). The number of halogens is 2. The molecule has 1 atom stereocenters. The summed E-state index contributed by atoms with van der Waals surface area (Å²) in [5.41, 5.74) is 4.72. The van der Waals surface area contributed by atoms with Gasteiger partial charge in [-0.2, -0.15) is 0 Å². The fraction of sp³-hybridized carbons (Fsp3) is 0.500. The Bertz CT molecular complexity index is 534. The molecule has 20 heavy (non-hydrogen) atoms. The Morgan fingerprint density at radius 1 is 1.30 bits per heavy atom. The molecular weight excluding hydrogens is 282 g/mol. The molecule has 1 aromatic rings. The van der Waals surface area contributed by atoms with Gasteiger partial charge < -0.3 is 15.7 Å². The Balaban J connectivity index is 2.29. The monoisotopic (exact) mass is 300 g/mol. The van der Waals surface area contributed by atoms with Gasteiger partial charge in [0.15, 0.2) is 11.6 Å². The minimum Gasteiger partial charge on any atom is -0.390 e. The van der Waals surface area contributed by atoms with Crippen LogP contribution in [-0.4, -0.2) is 28.8 Å². The molecule has 0 saturated carbocycles. The summed E-state index contributed by atoms with van der Waals surface area (Å²) >= 11 is 4.69. The summed E-state index contributed by atoms with van der Waals surface area (Å²) in [4.78, 5) is 1.59. The lowest BCUT2D eigenvalue weighted by molar-refractivity contribution is 0.0481. The molecule has 1 fully saturated rings. The van der Waals surface area contributed by atoms with Gasteiger partial charge in [0.05, 0.1) is 11.3 Å². The molecule has 0 aromatic heterocycles. The lowest BCUT2D eigenvalue weighted by atomic mass is 9.98. The smallest absolute Gasteiger partial charge is 0.182 e. The predicted molar refractivity (Wildman–Crippen MR) is 78.9 cm³/mol. The number of hydrogen-bond donors (Lipinski definition) is 2. The average Bonchev–Trinajstić information content (AvgIpc) is 2.53. The number of hydrogen-bond acceptors (Lipinski definition) is 3. The lowest BCUT2D eigenvalue weighted by Gasteiger charge is -2.25. The zero-order chi connectivity index (χ0) is 14.9. The number of benzene rings is 1. The van der Waals surface area contributed by atoms with Crippen LogP contribution in [0.1, 0.15) is 31.7 Å². The van der Waals surface area contributed by atoms with Crippen molar-refractivity contribution < 1.29 is 13.9 Å². The van der Waals surface area contributed by atoms with Crippen molar-refractivity contribution in [3.05, 3.63) is 29.3 Å². The van der Waals surface area contributed by atoms with E-state index < -0.39 is 17.2 Å². The third kappa shape index (κ3) is 3.07. The van der Waals surface area contributed by atoms with Crippen LogP contribution in [0.3, 0.4) is 0 Å². The maximum Gasteiger partial charge on any atom is 0.182 e. The van der Waals surface area contributed by atoms with Gasteiger partial charge in [0.1, 0.15) is 4.99 Å². The SMILES string of the molecule is CC1(O)CCCN(c2ccc(C(N)=S)c(F)c2F)CC1. The molecular formula is C14H18F2N2OS. The first-order chi connectivity index (χ1) is 9.32. The number of nitrogens with zero attached hydrogens (tertiary/aromatic N) is 1. The van der Waals surface area contributed by atoms with Crippen molar-refractivity contribution in [3.63, 3.8) is 0 Å². The topological polar surface area (TPSA) is 49.5 Å². The second-order valence-corrected chi connectivity index (χ2v) is 5.90. The van der Waals surface area contributed by atoms with Crippen molar-refractivity contribution in [2.75, 3.05) is 18.0 Å². The van der Waals surface area contributed by atoms with Gasteiger partial charge in [0.2, 0.25) is 0 Å². The van der Waals surface area contributed by atoms with Gasteiger partial charge in [-0.05, 0) is 38.3 Å². The molecule has 3 nitrogen and oxygen atoms in total. The molecule has 1 aromatic carbocycles. The average molecular weight is 300 g/mol. The fourth-order valence-electron chi connectivity index (χ4n) is 2.48. The summed E-state index contributed by atoms with van der Waals surface area (Å²) in [7, 11) is 0. The molecule has 0 bridgehead atoms. The zero-order valence-corrected chi connectivity index (χ0v) is 12.1. The quantitative estimate of drug-likeness (QED) is 0.823. The fourth-order valence-corrected chi connectivity index (χ4v) is 2.64. The number of aliphatic hydroxyl groups is 1. The highest BCUT2D eigenvalue weighted by molar-refractivity contribution is 7.80. The Labute approximate surface area is 122 Å². The molecule has 6 heteroatoms. The van der Waals surface area contributed by atoms with Gasteiger partial charge in [0, 0.05) is 18.7 Å². The third-order valence-electron chi connectivity index (χ3n) is 3.73. The van der Waals surface area contributed by atoms with E-state index in [1.807, 2.05) is 0 Å². The van der Waals surface area contributed by atoms with Gasteiger partial charge in [-0.15, -0.1) is 0 Å². The standard InChI is InChI=1S/C14H18F2N2OS/c1-14(19)5-2-7-18(8-6-14)10-4-3-9(13(17)20)11(15)12(10)16/h3-4,19H,2,5-8H2,1H3,(H2,17,20). The maximum atomic E-state index is 14.1. The van der Waals surface area contributed by atoms with Crippen LogP contribution in [0.4, 0.5) is 14.5 Å². The lowest BCUT2D eigenvalue weighted by Crippen LogP contribution is -2.29. The van der Waals surface area contributed by atoms with E-state index in [9.17, 15) is 13.9 Å². The molecule has 1 heterocycles. The second kappa shape index (κ2) is 5.61. The van der Waals surface area contributed by atoms with Crippen LogP contribution in [0, 0.1) is 11.6 Å². The third-order valence-corrected chi connectivity index (χ3v) is 3.95. The minimum atomic E-state index is -1.01. The van der Waals surface area contributed by atoms with E-state index in [0.717, 1.165) is 6.42 Å². The Hall–Kier alpha value is -1.27. The van der Waals surface area contributed by atoms with Gasteiger partial charge >= 0.3 is 0 Å². The number of rotatable bonds is 2. The minimum absolute atomic E-state index is 0.0805. The van der Waals surface area contributed by atoms with Gasteiger partial charge in [-0.3, -0.25) is 0 Å². The summed E-state index contributed by atoms with van der Waals surface area (Å²) in [5.74, 6) is -1.94. The normalized spacial score (nSPS) is 23.5. The first kappa shape index (κ1) is 15.1. The van der Waals surface area contributed by atoms with Crippen LogP contribution in [0.15, 0.2) is 12.1 Å². The molecule has 1 saturated heterocycles. The van der Waals surface area contributed by atoms with E-state index >= 15 is 0 Å². The summed E-state index contributed by atoms with van der Waals surface area (Å²) in [6.45, 7) is 2.83. The van der Waals surface area contributed by atoms with E-state index in [1.54, 1.807) is 11.8 Å². The number of nitrogens with two attached hydrogens (primary N) is 1. The summed E-state index contributed by atoms with van der Waals surface area (Å²) in [6.07, 6.45) is 1.90. The van der Waals surface area contributed by atoms with Gasteiger partial charge in [-0.1, -0.05) is 12.2 Å². The van der Waals surface area contributed by atoms with Gasteiger partial charge in [-0.25, -0.2) is 8.78 Å². The summed E-state index contributed by atoms with van der Waals surface area (Å²) in [5, 5.41) is 10.0. The predicted octanol–water partition coefficient (Wildman–Crippen LogP) is 2.34. The van der Waals surface area contributed by atoms with Crippen molar-refractivity contribution in [3.8, 4) is 0 Å². The molecule has 0 aliphatic carbocycles. The highest BCUT2D eigenvalue weighted by Crippen LogP contribution is 2.29. The van der Waals surface area contributed by atoms with Gasteiger partial charge in [0.25, 0.3) is 0 Å². The first-order valence-corrected chi connectivity index (χ1v) is 6.98. The van der Waals surface area contributed by atoms with Crippen molar-refractivity contribution in [2.45, 2.75) is 31.8 Å². The molecule has 1 aliphatic rings. The van der Waals surface area contributed by atoms with Crippen LogP contribution < -0.4 is 10.6 Å². The highest BCUT2D eigenvalue weighted by Gasteiger charge is 2.27. The largest absolute Gasteiger partial charge is 0.390 e. The first-order valence-electron chi connectivity index (χ1n) is 6.57. The van der Waals surface area contributed by atoms with E-state index in [2.05, 4.69) is 12.2 Å². The van der Waals surface area contributed by atoms with Crippen molar-refractivity contribution >= 4 is 22.9 Å². The van der Waals surface area contributed by atoms with Crippen molar-refractivity contribution in [1.82, 2.24) is 0 Å². The molecule has 0 amide bonds. The number of anilines is 1. The zero-order valence-electron chi connectivity index (χ0n) is 11.3. The molecule has 3 N–H and O–H groups in total. The van der Waals surface area contributed by atoms with Crippen LogP contribution in [-0.2, 0) is 0 Å². The van der Waals surface area contributed by atoms with Crippen molar-refractivity contribution in [1.29, 1.82) is 0 Å². The van der Waals surface area contributed by atoms with Crippen LogP contribution >= 0.6 is 12.2 Å². The van der Waals surface area contributed by atoms with E-state index in [4.69, 9.17) is 5.73 Å². The van der Waals surface area contributed by atoms with Crippen LogP contribution in [0.2, 0.25) is 0 Å². The molecule has 0 spiro atoms. The van der Waals surface area contributed by atoms with Crippen molar-refractivity contribution in [2.24, 2.45) is 5.73 Å². The molecule has 110 valence electrons.